The van der Waals surface area contributed by atoms with Gasteiger partial charge in [-0.15, -0.1) is 0 Å². The maximum absolute atomic E-state index is 13.5. The zero-order valence-corrected chi connectivity index (χ0v) is 13.4. The van der Waals surface area contributed by atoms with E-state index < -0.39 is 21.7 Å². The predicted molar refractivity (Wildman–Crippen MR) is 82.5 cm³/mol. The Balaban J connectivity index is 2.31. The molecule has 122 valence electrons. The van der Waals surface area contributed by atoms with E-state index in [-0.39, 0.29) is 16.7 Å². The van der Waals surface area contributed by atoms with Crippen LogP contribution in [0, 0.1) is 11.2 Å². The Kier molecular flexibility index (Phi) is 4.44. The number of nitrogens with two attached hydrogens (primary N) is 1. The summed E-state index contributed by atoms with van der Waals surface area (Å²) >= 11 is 0. The molecule has 8 heteroatoms. The molecule has 1 amide bonds. The van der Waals surface area contributed by atoms with Crippen LogP contribution in [0.15, 0.2) is 18.2 Å². The number of amides is 1. The molecule has 1 saturated heterocycles. The fourth-order valence-electron chi connectivity index (χ4n) is 2.52. The summed E-state index contributed by atoms with van der Waals surface area (Å²) in [6.07, 6.45) is 1.74. The van der Waals surface area contributed by atoms with Gasteiger partial charge in [0.1, 0.15) is 5.82 Å². The Morgan fingerprint density at radius 2 is 2.18 bits per heavy atom. The molecule has 1 unspecified atom stereocenters. The molecule has 3 N–H and O–H groups in total. The highest BCUT2D eigenvalue weighted by Crippen LogP contribution is 2.31. The number of hydrogen-bond donors (Lipinski definition) is 2. The number of anilines is 1. The summed E-state index contributed by atoms with van der Waals surface area (Å²) in [5, 5.41) is 0. The van der Waals surface area contributed by atoms with Crippen LogP contribution in [0.5, 0.6) is 0 Å². The van der Waals surface area contributed by atoms with E-state index in [2.05, 4.69) is 4.72 Å². The summed E-state index contributed by atoms with van der Waals surface area (Å²) in [6, 6.07) is 3.41. The normalized spacial score (nSPS) is 21.9. The van der Waals surface area contributed by atoms with E-state index in [1.165, 1.54) is 6.07 Å². The van der Waals surface area contributed by atoms with Crippen LogP contribution in [0.3, 0.4) is 0 Å². The van der Waals surface area contributed by atoms with Crippen molar-refractivity contribution in [3.8, 4) is 0 Å². The van der Waals surface area contributed by atoms with Gasteiger partial charge in [-0.1, -0.05) is 6.92 Å². The van der Waals surface area contributed by atoms with Crippen molar-refractivity contribution in [3.63, 3.8) is 0 Å². The lowest BCUT2D eigenvalue weighted by atomic mass is 9.90. The van der Waals surface area contributed by atoms with Crippen LogP contribution in [-0.4, -0.2) is 45.1 Å². The monoisotopic (exact) mass is 329 g/mol. The van der Waals surface area contributed by atoms with Crippen LogP contribution in [0.4, 0.5) is 10.1 Å². The minimum atomic E-state index is -3.56. The number of carbonyl (C=O) groups is 1. The number of carbonyl (C=O) groups excluding carboxylic acids is 1. The molecule has 0 saturated carbocycles. The van der Waals surface area contributed by atoms with Crippen LogP contribution in [0.25, 0.3) is 0 Å². The molecular weight excluding hydrogens is 309 g/mol. The van der Waals surface area contributed by atoms with E-state index in [0.29, 0.717) is 19.6 Å². The third kappa shape index (κ3) is 3.75. The van der Waals surface area contributed by atoms with Crippen molar-refractivity contribution in [2.75, 3.05) is 30.6 Å². The molecule has 6 nitrogen and oxygen atoms in total. The molecule has 2 rings (SSSR count). The predicted octanol–water partition coefficient (Wildman–Crippen LogP) is 1.01. The van der Waals surface area contributed by atoms with Crippen molar-refractivity contribution in [1.29, 1.82) is 0 Å². The highest BCUT2D eigenvalue weighted by atomic mass is 32.2. The van der Waals surface area contributed by atoms with Gasteiger partial charge in [0, 0.05) is 13.1 Å². The number of benzene rings is 1. The van der Waals surface area contributed by atoms with Crippen molar-refractivity contribution >= 4 is 21.6 Å². The highest BCUT2D eigenvalue weighted by Gasteiger charge is 2.36. The Morgan fingerprint density at radius 3 is 2.73 bits per heavy atom. The van der Waals surface area contributed by atoms with Gasteiger partial charge >= 0.3 is 0 Å². The van der Waals surface area contributed by atoms with Crippen LogP contribution in [0.1, 0.15) is 23.7 Å². The summed E-state index contributed by atoms with van der Waals surface area (Å²) in [5.41, 5.74) is 5.64. The van der Waals surface area contributed by atoms with E-state index >= 15 is 0 Å². The molecule has 1 aliphatic rings. The van der Waals surface area contributed by atoms with Crippen molar-refractivity contribution in [2.24, 2.45) is 11.1 Å². The molecule has 1 aliphatic heterocycles. The maximum atomic E-state index is 13.5. The molecule has 1 aromatic rings. The van der Waals surface area contributed by atoms with Crippen LogP contribution in [0.2, 0.25) is 0 Å². The summed E-state index contributed by atoms with van der Waals surface area (Å²) in [7, 11) is -3.56. The summed E-state index contributed by atoms with van der Waals surface area (Å²) in [5.74, 6) is -0.994. The summed E-state index contributed by atoms with van der Waals surface area (Å²) in [6.45, 7) is 3.43. The second-order valence-electron chi connectivity index (χ2n) is 6.06. The number of likely N-dealkylation sites (tertiary alicyclic amines) is 1. The smallest absolute Gasteiger partial charge is 0.256 e. The minimum absolute atomic E-state index is 0.00620. The van der Waals surface area contributed by atoms with Crippen LogP contribution >= 0.6 is 0 Å². The molecule has 1 atom stereocenters. The number of hydrogen-bond acceptors (Lipinski definition) is 4. The van der Waals surface area contributed by atoms with Gasteiger partial charge in [-0.25, -0.2) is 12.8 Å². The van der Waals surface area contributed by atoms with Gasteiger partial charge in [0.25, 0.3) is 5.91 Å². The SMILES string of the molecule is CC1(CN)CCN(C(=O)c2cc(F)ccc2NS(C)(=O)=O)C1. The first-order chi connectivity index (χ1) is 10.1. The standard InChI is InChI=1S/C14H20FN3O3S/c1-14(8-16)5-6-18(9-14)13(19)11-7-10(15)3-4-12(11)17-22(2,20)21/h3-4,7,17H,5-6,8-9,16H2,1-2H3. The van der Waals surface area contributed by atoms with Crippen LogP contribution < -0.4 is 10.5 Å². The highest BCUT2D eigenvalue weighted by molar-refractivity contribution is 7.92. The Hall–Kier alpha value is -1.67. The topological polar surface area (TPSA) is 92.5 Å². The first-order valence-corrected chi connectivity index (χ1v) is 8.79. The van der Waals surface area contributed by atoms with Gasteiger partial charge < -0.3 is 10.6 Å². The fraction of sp³-hybridized carbons (Fsp3) is 0.500. The lowest BCUT2D eigenvalue weighted by molar-refractivity contribution is 0.0777. The van der Waals surface area contributed by atoms with Gasteiger partial charge in [-0.05, 0) is 36.6 Å². The van der Waals surface area contributed by atoms with Gasteiger partial charge in [0.05, 0.1) is 17.5 Å². The van der Waals surface area contributed by atoms with Gasteiger partial charge in [-0.3, -0.25) is 9.52 Å². The van der Waals surface area contributed by atoms with Crippen molar-refractivity contribution < 1.29 is 17.6 Å². The largest absolute Gasteiger partial charge is 0.338 e. The van der Waals surface area contributed by atoms with E-state index in [9.17, 15) is 17.6 Å². The number of nitrogens with one attached hydrogen (secondary N) is 1. The molecule has 0 radical (unpaired) electrons. The second kappa shape index (κ2) is 5.85. The minimum Gasteiger partial charge on any atom is -0.338 e. The molecular formula is C14H20FN3O3S. The van der Waals surface area contributed by atoms with E-state index in [0.717, 1.165) is 24.8 Å². The quantitative estimate of drug-likeness (QED) is 0.862. The van der Waals surface area contributed by atoms with Crippen molar-refractivity contribution in [3.05, 3.63) is 29.6 Å². The van der Waals surface area contributed by atoms with E-state index in [1.807, 2.05) is 6.92 Å². The Morgan fingerprint density at radius 1 is 1.50 bits per heavy atom. The van der Waals surface area contributed by atoms with Crippen LogP contribution in [-0.2, 0) is 10.0 Å². The average molecular weight is 329 g/mol. The number of halogens is 1. The molecule has 22 heavy (non-hydrogen) atoms. The van der Waals surface area contributed by atoms with Crippen molar-refractivity contribution in [2.45, 2.75) is 13.3 Å². The second-order valence-corrected chi connectivity index (χ2v) is 7.80. The molecule has 0 spiro atoms. The first kappa shape index (κ1) is 16.7. The maximum Gasteiger partial charge on any atom is 0.256 e. The molecule has 0 aromatic heterocycles. The third-order valence-corrected chi connectivity index (χ3v) is 4.44. The Bertz CT molecular complexity index is 693. The summed E-state index contributed by atoms with van der Waals surface area (Å²) < 4.78 is 38.5. The molecule has 0 aliphatic carbocycles. The number of sulfonamides is 1. The first-order valence-electron chi connectivity index (χ1n) is 6.90. The molecule has 1 heterocycles. The zero-order valence-electron chi connectivity index (χ0n) is 12.6. The van der Waals surface area contributed by atoms with E-state index in [4.69, 9.17) is 5.73 Å². The molecule has 1 aromatic carbocycles. The number of nitrogens with zero attached hydrogens (tertiary/aromatic N) is 1. The molecule has 1 fully saturated rings. The average Bonchev–Trinajstić information content (AvgIpc) is 2.82. The summed E-state index contributed by atoms with van der Waals surface area (Å²) in [4.78, 5) is 14.2. The molecule has 0 bridgehead atoms. The van der Waals surface area contributed by atoms with Crippen molar-refractivity contribution in [1.82, 2.24) is 4.90 Å². The van der Waals surface area contributed by atoms with Gasteiger partial charge in [-0.2, -0.15) is 0 Å². The lowest BCUT2D eigenvalue weighted by Crippen LogP contribution is -2.35. The third-order valence-electron chi connectivity index (χ3n) is 3.85. The van der Waals surface area contributed by atoms with Gasteiger partial charge in [0.2, 0.25) is 10.0 Å². The van der Waals surface area contributed by atoms with Gasteiger partial charge in [0.15, 0.2) is 0 Å². The Labute approximate surface area is 129 Å². The zero-order chi connectivity index (χ0) is 16.5. The lowest BCUT2D eigenvalue weighted by Gasteiger charge is -2.23. The fourth-order valence-corrected chi connectivity index (χ4v) is 3.09. The van der Waals surface area contributed by atoms with E-state index in [1.54, 1.807) is 4.90 Å². The number of rotatable bonds is 4.